The van der Waals surface area contributed by atoms with Crippen LogP contribution in [-0.2, 0) is 32.0 Å². The van der Waals surface area contributed by atoms with Gasteiger partial charge in [0, 0.05) is 24.4 Å². The molecule has 2 aliphatic heterocycles. The first-order chi connectivity index (χ1) is 22.0. The lowest BCUT2D eigenvalue weighted by atomic mass is 9.70. The van der Waals surface area contributed by atoms with Crippen molar-refractivity contribution in [3.63, 3.8) is 0 Å². The monoisotopic (exact) mass is 710 g/mol. The van der Waals surface area contributed by atoms with E-state index < -0.39 is 37.6 Å². The number of H-pyrrole nitrogens is 1. The van der Waals surface area contributed by atoms with Crippen molar-refractivity contribution in [2.24, 2.45) is 11.8 Å². The largest absolute Gasteiger partial charge is 0.465 e. The summed E-state index contributed by atoms with van der Waals surface area (Å²) in [4.78, 5) is 36.9. The van der Waals surface area contributed by atoms with E-state index in [0.29, 0.717) is 17.6 Å². The highest BCUT2D eigenvalue weighted by molar-refractivity contribution is 8.44. The topological polar surface area (TPSA) is 238 Å². The molecule has 0 aromatic carbocycles. The van der Waals surface area contributed by atoms with Gasteiger partial charge >= 0.3 is 13.6 Å². The Morgan fingerprint density at radius 1 is 1.02 bits per heavy atom. The number of imidazole rings is 3. The van der Waals surface area contributed by atoms with Crippen LogP contribution in [0.4, 0.5) is 5.82 Å². The van der Waals surface area contributed by atoms with Gasteiger partial charge in [0.05, 0.1) is 19.5 Å². The van der Waals surface area contributed by atoms with Crippen LogP contribution in [0.1, 0.15) is 18.7 Å². The normalized spacial score (nSPS) is 34.7. The predicted octanol–water partition coefficient (Wildman–Crippen LogP) is 2.23. The second-order valence-corrected chi connectivity index (χ2v) is 16.6. The summed E-state index contributed by atoms with van der Waals surface area (Å²) in [5.41, 5.74) is 6.64. The van der Waals surface area contributed by atoms with Crippen molar-refractivity contribution < 1.29 is 37.1 Å². The number of ether oxygens (including phenoxy) is 1. The molecule has 8 rings (SSSR count). The molecule has 1 saturated carbocycles. The van der Waals surface area contributed by atoms with E-state index in [1.54, 1.807) is 6.33 Å². The van der Waals surface area contributed by atoms with Gasteiger partial charge < -0.3 is 34.2 Å². The number of nitrogens with zero attached hydrogens (tertiary/aromatic N) is 8. The van der Waals surface area contributed by atoms with Crippen LogP contribution >= 0.6 is 38.1 Å². The number of aliphatic hydroxyl groups excluding tert-OH is 1. The van der Waals surface area contributed by atoms with Crippen molar-refractivity contribution in [3.05, 3.63) is 53.8 Å². The minimum absolute atomic E-state index is 0.0332. The number of nitrogens with one attached hydrogen (secondary N) is 1. The molecule has 1 saturated heterocycles. The first-order valence-corrected chi connectivity index (χ1v) is 19.1. The summed E-state index contributed by atoms with van der Waals surface area (Å²) in [6, 6.07) is -0.239. The molecule has 4 N–H and O–H groups in total. The average molecular weight is 711 g/mol. The van der Waals surface area contributed by atoms with Crippen LogP contribution in [0, 0.1) is 11.8 Å². The number of aromatic nitrogens is 9. The van der Waals surface area contributed by atoms with Crippen LogP contribution in [0.25, 0.3) is 28.1 Å². The molecular weight excluding hydrogens is 686 g/mol. The van der Waals surface area contributed by atoms with Crippen LogP contribution in [0.3, 0.4) is 0 Å². The summed E-state index contributed by atoms with van der Waals surface area (Å²) in [6.45, 7) is -8.42. The molecule has 1 aliphatic carbocycles. The zero-order valence-electron chi connectivity index (χ0n) is 23.2. The summed E-state index contributed by atoms with van der Waals surface area (Å²) in [5, 5.41) is 11.2. The van der Waals surface area contributed by atoms with Crippen molar-refractivity contribution >= 4 is 72.0 Å². The van der Waals surface area contributed by atoms with E-state index in [4.69, 9.17) is 28.6 Å². The molecule has 23 heteroatoms. The zero-order valence-corrected chi connectivity index (χ0v) is 26.8. The number of hydrogen-bond acceptors (Lipinski definition) is 15. The van der Waals surface area contributed by atoms with Crippen molar-refractivity contribution in [2.45, 2.75) is 30.9 Å². The summed E-state index contributed by atoms with van der Waals surface area (Å²) in [5.74, 6) is -0.431. The fourth-order valence-corrected chi connectivity index (χ4v) is 8.48. The fourth-order valence-electron chi connectivity index (χ4n) is 5.98. The maximum Gasteiger partial charge on any atom is 0.436 e. The second kappa shape index (κ2) is 10.8. The highest BCUT2D eigenvalue weighted by Gasteiger charge is 2.50. The van der Waals surface area contributed by atoms with E-state index in [2.05, 4.69) is 54.4 Å². The second-order valence-electron chi connectivity index (χ2n) is 10.9. The Morgan fingerprint density at radius 2 is 1.80 bits per heavy atom. The SMILES string of the molecule is Nc1ncnc2c1ncn2[C@@H]1C[C@@H]2CO[P@@](=O)(S)O[C@H]3C(n4cnc5c(=O)n6ccnc6[nH]c54)O/C(=C/O[P@](=O)(S)OC[C@H]21)[C@H]3O. The molecule has 3 aliphatic rings. The highest BCUT2D eigenvalue weighted by Crippen LogP contribution is 2.60. The van der Waals surface area contributed by atoms with Gasteiger partial charge in [0.2, 0.25) is 12.0 Å². The van der Waals surface area contributed by atoms with E-state index in [9.17, 15) is 19.0 Å². The first-order valence-electron chi connectivity index (χ1n) is 13.7. The van der Waals surface area contributed by atoms with Gasteiger partial charge in [0.15, 0.2) is 28.8 Å². The first kappa shape index (κ1) is 29.9. The number of rotatable bonds is 2. The molecule has 0 spiro atoms. The Balaban J connectivity index is 1.12. The van der Waals surface area contributed by atoms with Gasteiger partial charge in [-0.3, -0.25) is 18.4 Å². The molecule has 8 atom stereocenters. The van der Waals surface area contributed by atoms with Crippen LogP contribution in [0.5, 0.6) is 0 Å². The minimum Gasteiger partial charge on any atom is -0.465 e. The summed E-state index contributed by atoms with van der Waals surface area (Å²) >= 11 is 8.30. The maximum absolute atomic E-state index is 13.6. The Hall–Kier alpha value is -3.42. The summed E-state index contributed by atoms with van der Waals surface area (Å²) in [7, 11) is 0. The summed E-state index contributed by atoms with van der Waals surface area (Å²) < 4.78 is 59.8. The molecule has 0 amide bonds. The van der Waals surface area contributed by atoms with Gasteiger partial charge in [-0.25, -0.2) is 38.5 Å². The molecular formula is C23H24N10O9P2S2. The third-order valence-electron chi connectivity index (χ3n) is 8.33. The summed E-state index contributed by atoms with van der Waals surface area (Å²) in [6.07, 6.45) is 4.18. The lowest BCUT2D eigenvalue weighted by Crippen LogP contribution is -2.43. The van der Waals surface area contributed by atoms with Gasteiger partial charge in [-0.2, -0.15) is 0 Å². The molecule has 2 bridgehead atoms. The van der Waals surface area contributed by atoms with Crippen molar-refractivity contribution in [1.82, 2.24) is 43.4 Å². The Morgan fingerprint density at radius 3 is 2.65 bits per heavy atom. The van der Waals surface area contributed by atoms with Gasteiger partial charge in [-0.1, -0.05) is 12.2 Å². The molecule has 0 radical (unpaired) electrons. The highest BCUT2D eigenvalue weighted by atomic mass is 32.7. The number of nitrogens with two attached hydrogens (primary N) is 1. The number of thiol groups is 2. The number of nitrogen functional groups attached to an aromatic ring is 1. The molecule has 1 unspecified atom stereocenters. The molecule has 242 valence electrons. The fraction of sp³-hybridized carbons (Fsp3) is 0.391. The van der Waals surface area contributed by atoms with E-state index in [-0.39, 0.29) is 59.6 Å². The molecule has 7 heterocycles. The smallest absolute Gasteiger partial charge is 0.436 e. The van der Waals surface area contributed by atoms with E-state index in [0.717, 1.165) is 6.26 Å². The third kappa shape index (κ3) is 4.93. The van der Waals surface area contributed by atoms with Crippen molar-refractivity contribution in [1.29, 1.82) is 0 Å². The van der Waals surface area contributed by atoms with Gasteiger partial charge in [-0.15, -0.1) is 0 Å². The lowest BCUT2D eigenvalue weighted by molar-refractivity contribution is -0.0169. The average Bonchev–Trinajstić information content (AvgIpc) is 3.79. The van der Waals surface area contributed by atoms with Crippen molar-refractivity contribution in [3.8, 4) is 0 Å². The van der Waals surface area contributed by atoms with E-state index in [1.165, 1.54) is 34.0 Å². The Labute approximate surface area is 267 Å². The Kier molecular flexibility index (Phi) is 7.04. The quantitative estimate of drug-likeness (QED) is 0.130. The third-order valence-corrected chi connectivity index (χ3v) is 11.4. The van der Waals surface area contributed by atoms with Gasteiger partial charge in [-0.05, 0) is 24.6 Å². The van der Waals surface area contributed by atoms with Gasteiger partial charge in [0.1, 0.15) is 36.2 Å². The Bertz CT molecular complexity index is 2200. The maximum atomic E-state index is 13.6. The number of fused-ring (bicyclic) bond motifs is 6. The lowest BCUT2D eigenvalue weighted by Gasteiger charge is -2.45. The van der Waals surface area contributed by atoms with E-state index in [1.807, 2.05) is 4.57 Å². The number of hydrogen-bond donors (Lipinski definition) is 5. The van der Waals surface area contributed by atoms with Gasteiger partial charge in [0.25, 0.3) is 5.56 Å². The standard InChI is InChI=1S/C23H24N10O9P2S2/c24-18-14-19(27-7-26-18)32(8-28-14)12-3-10-4-38-44(37,46)42-17-16(34)13(6-40-43(36,45)39-5-11(10)12)41-22(17)33-9-29-15-20(33)30-23-25-1-2-31(23)21(15)35/h1-2,6-12,16-17,22,34H,3-5H2,(H,25,30)(H,36,45)(H,37,46)(H2,24,26,27)/b13-6+/t10-,11-,12-,16-,17-,22?,43-,44-/m1/s1. The van der Waals surface area contributed by atoms with Crippen LogP contribution < -0.4 is 11.3 Å². The number of anilines is 1. The minimum atomic E-state index is -4.17. The molecule has 2 fully saturated rings. The number of aliphatic hydroxyl groups is 1. The predicted molar refractivity (Wildman–Crippen MR) is 165 cm³/mol. The van der Waals surface area contributed by atoms with E-state index >= 15 is 0 Å². The van der Waals surface area contributed by atoms with Crippen molar-refractivity contribution in [2.75, 3.05) is 18.9 Å². The van der Waals surface area contributed by atoms with Crippen LogP contribution in [-0.4, -0.2) is 74.0 Å². The molecule has 5 aromatic heterocycles. The van der Waals surface area contributed by atoms with Crippen LogP contribution in [0.2, 0.25) is 0 Å². The number of aromatic amines is 1. The molecule has 5 aromatic rings. The molecule has 46 heavy (non-hydrogen) atoms. The van der Waals surface area contributed by atoms with Crippen LogP contribution in [0.15, 0.2) is 48.2 Å². The zero-order chi connectivity index (χ0) is 32.0. The molecule has 19 nitrogen and oxygen atoms in total.